The van der Waals surface area contributed by atoms with Crippen molar-refractivity contribution in [2.45, 2.75) is 39.5 Å². The van der Waals surface area contributed by atoms with Crippen LogP contribution in [-0.2, 0) is 4.18 Å². The molecule has 1 rings (SSSR count). The molecule has 0 amide bonds. The van der Waals surface area contributed by atoms with E-state index in [1.54, 1.807) is 6.26 Å². The van der Waals surface area contributed by atoms with Crippen LogP contribution in [0.25, 0.3) is 0 Å². The molecule has 0 aromatic heterocycles. The molecule has 2 heteroatoms. The van der Waals surface area contributed by atoms with E-state index in [1.165, 1.54) is 41.8 Å². The summed E-state index contributed by atoms with van der Waals surface area (Å²) in [5.74, 6) is 0. The Morgan fingerprint density at radius 1 is 1.25 bits per heavy atom. The van der Waals surface area contributed by atoms with Gasteiger partial charge in [-0.15, -0.1) is 0 Å². The first kappa shape index (κ1) is 9.72. The van der Waals surface area contributed by atoms with Gasteiger partial charge in [0.05, 0.1) is 12.0 Å². The topological polar surface area (TPSA) is 9.23 Å². The summed E-state index contributed by atoms with van der Waals surface area (Å²) in [6.07, 6.45) is 8.65. The zero-order valence-corrected chi connectivity index (χ0v) is 8.62. The molecule has 12 heavy (non-hydrogen) atoms. The maximum absolute atomic E-state index is 5.19. The van der Waals surface area contributed by atoms with Gasteiger partial charge in [-0.3, -0.25) is 0 Å². The van der Waals surface area contributed by atoms with Gasteiger partial charge in [0.25, 0.3) is 0 Å². The molecule has 0 spiro atoms. The lowest BCUT2D eigenvalue weighted by molar-refractivity contribution is 0.562. The van der Waals surface area contributed by atoms with Crippen molar-refractivity contribution in [1.82, 2.24) is 0 Å². The summed E-state index contributed by atoms with van der Waals surface area (Å²) in [7, 11) is 0. The second-order valence-electron chi connectivity index (χ2n) is 2.93. The maximum Gasteiger partial charge on any atom is 0.102 e. The lowest BCUT2D eigenvalue weighted by Gasteiger charge is -2.13. The molecule has 1 nitrogen and oxygen atoms in total. The molecule has 0 saturated carbocycles. The van der Waals surface area contributed by atoms with E-state index in [0.29, 0.717) is 0 Å². The van der Waals surface area contributed by atoms with Gasteiger partial charge in [0.2, 0.25) is 0 Å². The van der Waals surface area contributed by atoms with Crippen LogP contribution in [0.5, 0.6) is 0 Å². The normalized spacial score (nSPS) is 16.5. The molecule has 0 radical (unpaired) electrons. The summed E-state index contributed by atoms with van der Waals surface area (Å²) in [6, 6.07) is 0. The van der Waals surface area contributed by atoms with Crippen molar-refractivity contribution in [1.29, 1.82) is 0 Å². The largest absolute Gasteiger partial charge is 0.429 e. The van der Waals surface area contributed by atoms with Crippen molar-refractivity contribution in [3.8, 4) is 0 Å². The summed E-state index contributed by atoms with van der Waals surface area (Å²) in [6.45, 7) is 4.42. The molecule has 1 aliphatic rings. The first-order valence-corrected chi connectivity index (χ1v) is 5.34. The quantitative estimate of drug-likeness (QED) is 0.610. The summed E-state index contributed by atoms with van der Waals surface area (Å²) < 4.78 is 5.19. The highest BCUT2D eigenvalue weighted by molar-refractivity contribution is 7.98. The van der Waals surface area contributed by atoms with Gasteiger partial charge < -0.3 is 4.18 Å². The number of allylic oxidation sites excluding steroid dienone is 3. The van der Waals surface area contributed by atoms with Gasteiger partial charge in [-0.25, -0.2) is 0 Å². The van der Waals surface area contributed by atoms with Crippen LogP contribution in [0.15, 0.2) is 22.8 Å². The van der Waals surface area contributed by atoms with E-state index in [9.17, 15) is 0 Å². The first-order chi connectivity index (χ1) is 5.88. The Balaban J connectivity index is 2.62. The Morgan fingerprint density at radius 2 is 2.00 bits per heavy atom. The molecule has 1 heterocycles. The van der Waals surface area contributed by atoms with E-state index in [4.69, 9.17) is 4.18 Å². The van der Waals surface area contributed by atoms with E-state index in [2.05, 4.69) is 19.9 Å². The fraction of sp³-hybridized carbons (Fsp3) is 0.600. The highest BCUT2D eigenvalue weighted by Gasteiger charge is 2.08. The minimum absolute atomic E-state index is 1.16. The lowest BCUT2D eigenvalue weighted by Crippen LogP contribution is -1.91. The monoisotopic (exact) mass is 184 g/mol. The highest BCUT2D eigenvalue weighted by atomic mass is 32.2. The molecule has 0 atom stereocenters. The van der Waals surface area contributed by atoms with Gasteiger partial charge in [-0.2, -0.15) is 0 Å². The van der Waals surface area contributed by atoms with Crippen LogP contribution in [-0.4, -0.2) is 0 Å². The number of rotatable bonds is 4. The van der Waals surface area contributed by atoms with E-state index in [0.717, 1.165) is 6.42 Å². The average molecular weight is 184 g/mol. The van der Waals surface area contributed by atoms with Crippen LogP contribution < -0.4 is 0 Å². The molecule has 0 aliphatic carbocycles. The molecule has 0 aromatic rings. The van der Waals surface area contributed by atoms with Gasteiger partial charge in [-0.1, -0.05) is 26.7 Å². The Labute approximate surface area is 79.1 Å². The minimum Gasteiger partial charge on any atom is -0.429 e. The van der Waals surface area contributed by atoms with Crippen molar-refractivity contribution >= 4 is 12.0 Å². The fourth-order valence-corrected chi connectivity index (χ4v) is 2.06. The van der Waals surface area contributed by atoms with Crippen LogP contribution in [0.2, 0.25) is 0 Å². The first-order valence-electron chi connectivity index (χ1n) is 4.60. The Morgan fingerprint density at radius 3 is 2.67 bits per heavy atom. The Bertz CT molecular complexity index is 194. The molecule has 0 unspecified atom stereocenters. The average Bonchev–Trinajstić information content (AvgIpc) is 2.09. The zero-order chi connectivity index (χ0) is 8.81. The van der Waals surface area contributed by atoms with E-state index >= 15 is 0 Å². The minimum atomic E-state index is 1.16. The second kappa shape index (κ2) is 5.31. The van der Waals surface area contributed by atoms with Crippen LogP contribution >= 0.6 is 12.0 Å². The van der Waals surface area contributed by atoms with Crippen molar-refractivity contribution in [2.75, 3.05) is 0 Å². The highest BCUT2D eigenvalue weighted by Crippen LogP contribution is 2.32. The Hall–Kier alpha value is -0.370. The SMILES string of the molecule is CCCC1=C(CCC)SOC=C1. The molecule has 0 bridgehead atoms. The standard InChI is InChI=1S/C10H16OS/c1-3-5-9-7-8-11-12-10(9)6-4-2/h7-8H,3-6H2,1-2H3. The van der Waals surface area contributed by atoms with Crippen molar-refractivity contribution in [3.63, 3.8) is 0 Å². The summed E-state index contributed by atoms with van der Waals surface area (Å²) >= 11 is 1.53. The van der Waals surface area contributed by atoms with Crippen LogP contribution in [0.4, 0.5) is 0 Å². The lowest BCUT2D eigenvalue weighted by atomic mass is 10.1. The third-order valence-electron chi connectivity index (χ3n) is 1.83. The van der Waals surface area contributed by atoms with Gasteiger partial charge in [-0.05, 0) is 24.5 Å². The van der Waals surface area contributed by atoms with E-state index in [-0.39, 0.29) is 0 Å². The van der Waals surface area contributed by atoms with Gasteiger partial charge in [0, 0.05) is 4.91 Å². The van der Waals surface area contributed by atoms with Crippen LogP contribution in [0.1, 0.15) is 39.5 Å². The van der Waals surface area contributed by atoms with Crippen LogP contribution in [0.3, 0.4) is 0 Å². The molecule has 0 saturated heterocycles. The third-order valence-corrected chi connectivity index (χ3v) is 2.70. The number of hydrogen-bond acceptors (Lipinski definition) is 2. The summed E-state index contributed by atoms with van der Waals surface area (Å²) in [4.78, 5) is 1.42. The van der Waals surface area contributed by atoms with Crippen molar-refractivity contribution in [2.24, 2.45) is 0 Å². The maximum atomic E-state index is 5.19. The van der Waals surface area contributed by atoms with Gasteiger partial charge >= 0.3 is 0 Å². The van der Waals surface area contributed by atoms with Gasteiger partial charge in [0.1, 0.15) is 6.26 Å². The third kappa shape index (κ3) is 2.59. The second-order valence-corrected chi connectivity index (χ2v) is 3.78. The summed E-state index contributed by atoms with van der Waals surface area (Å²) in [5.41, 5.74) is 1.47. The predicted molar refractivity (Wildman–Crippen MR) is 54.7 cm³/mol. The molecule has 0 aromatic carbocycles. The fourth-order valence-electron chi connectivity index (χ4n) is 1.26. The molecule has 1 aliphatic heterocycles. The number of hydrogen-bond donors (Lipinski definition) is 0. The molecular formula is C10H16OS. The molecule has 0 N–H and O–H groups in total. The van der Waals surface area contributed by atoms with Crippen molar-refractivity contribution in [3.05, 3.63) is 22.8 Å². The van der Waals surface area contributed by atoms with Crippen LogP contribution in [0, 0.1) is 0 Å². The summed E-state index contributed by atoms with van der Waals surface area (Å²) in [5, 5.41) is 0. The zero-order valence-electron chi connectivity index (χ0n) is 7.80. The van der Waals surface area contributed by atoms with E-state index < -0.39 is 0 Å². The predicted octanol–water partition coefficient (Wildman–Crippen LogP) is 4.03. The molecule has 0 fully saturated rings. The Kier molecular flexibility index (Phi) is 4.30. The van der Waals surface area contributed by atoms with Crippen molar-refractivity contribution < 1.29 is 4.18 Å². The molecular weight excluding hydrogens is 168 g/mol. The smallest absolute Gasteiger partial charge is 0.102 e. The van der Waals surface area contributed by atoms with Gasteiger partial charge in [0.15, 0.2) is 0 Å². The van der Waals surface area contributed by atoms with E-state index in [1.807, 2.05) is 0 Å². The molecule has 68 valence electrons.